The van der Waals surface area contributed by atoms with Crippen LogP contribution in [0.2, 0.25) is 17.8 Å². The van der Waals surface area contributed by atoms with Gasteiger partial charge in [-0.15, -0.1) is 0 Å². The first kappa shape index (κ1) is 14.1. The van der Waals surface area contributed by atoms with E-state index < -0.39 is 14.5 Å². The molecule has 0 fully saturated rings. The van der Waals surface area contributed by atoms with Crippen molar-refractivity contribution in [3.05, 3.63) is 0 Å². The molecule has 0 aliphatic rings. The fourth-order valence-corrected chi connectivity index (χ4v) is 4.27. The molecule has 0 aliphatic heterocycles. The summed E-state index contributed by atoms with van der Waals surface area (Å²) in [6, 6.07) is 2.89. The van der Waals surface area contributed by atoms with Gasteiger partial charge in [-0.2, -0.15) is 0 Å². The van der Waals surface area contributed by atoms with Gasteiger partial charge in [0.25, 0.3) is 0 Å². The van der Waals surface area contributed by atoms with Crippen LogP contribution in [0.1, 0.15) is 13.8 Å². The normalized spacial score (nSPS) is 10.2. The minimum atomic E-state index is -0.403. The fourth-order valence-electron chi connectivity index (χ4n) is 0.507. The summed E-state index contributed by atoms with van der Waals surface area (Å²) in [5.41, 5.74) is 0. The van der Waals surface area contributed by atoms with Crippen molar-refractivity contribution in [1.82, 2.24) is 0 Å². The van der Waals surface area contributed by atoms with Crippen LogP contribution in [0.5, 0.6) is 0 Å². The Kier molecular flexibility index (Phi) is 18.5. The predicted molar refractivity (Wildman–Crippen MR) is 62.2 cm³/mol. The van der Waals surface area contributed by atoms with Gasteiger partial charge < -0.3 is 0 Å². The van der Waals surface area contributed by atoms with E-state index in [1.54, 1.807) is 0 Å². The zero-order valence-corrected chi connectivity index (χ0v) is 13.6. The molecule has 10 heavy (non-hydrogen) atoms. The summed E-state index contributed by atoms with van der Waals surface area (Å²) in [4.78, 5) is 1.31. The monoisotopic (exact) mass is 306 g/mol. The van der Waals surface area contributed by atoms with Gasteiger partial charge in [0.15, 0.2) is 0 Å². The van der Waals surface area contributed by atoms with Crippen LogP contribution in [-0.4, -0.2) is 28.3 Å². The number of halogens is 2. The molecule has 0 radical (unpaired) electrons. The summed E-state index contributed by atoms with van der Waals surface area (Å²) < 4.78 is 0. The molecule has 0 bridgehead atoms. The third kappa shape index (κ3) is 12.2. The maximum atomic E-state index is 5.19. The summed E-state index contributed by atoms with van der Waals surface area (Å²) in [6.45, 7) is 4.59. The average molecular weight is 306 g/mol. The molecular formula is C6H18BrClGeSi. The van der Waals surface area contributed by atoms with Crippen LogP contribution in [0, 0.1) is 0 Å². The Morgan fingerprint density at radius 1 is 1.40 bits per heavy atom. The van der Waals surface area contributed by atoms with Gasteiger partial charge in [-0.05, 0) is 4.95 Å². The van der Waals surface area contributed by atoms with Crippen molar-refractivity contribution in [2.75, 3.05) is 4.95 Å². The molecule has 0 aromatic heterocycles. The van der Waals surface area contributed by atoms with Gasteiger partial charge in [0.05, 0.1) is 0 Å². The molecule has 64 valence electrons. The second-order valence-electron chi connectivity index (χ2n) is 2.10. The van der Waals surface area contributed by atoms with Gasteiger partial charge in [0.2, 0.25) is 0 Å². The molecule has 0 amide bonds. The Morgan fingerprint density at radius 2 is 1.70 bits per heavy atom. The summed E-state index contributed by atoms with van der Waals surface area (Å²) in [7, 11) is 4.93. The van der Waals surface area contributed by atoms with Crippen LogP contribution in [0.3, 0.4) is 0 Å². The van der Waals surface area contributed by atoms with Crippen molar-refractivity contribution in [2.24, 2.45) is 0 Å². The molecule has 0 rings (SSSR count). The molecule has 0 atom stereocenters. The van der Waals surface area contributed by atoms with Crippen molar-refractivity contribution in [3.63, 3.8) is 0 Å². The summed E-state index contributed by atoms with van der Waals surface area (Å²) in [5.74, 6) is 2.08. The van der Waals surface area contributed by atoms with Crippen molar-refractivity contribution < 1.29 is 0 Å². The molecule has 0 heterocycles. The van der Waals surface area contributed by atoms with E-state index in [0.29, 0.717) is 0 Å². The SMILES string of the molecule is CC[SiH](CC)CBr.[CH3][GeH2][Cl]. The average Bonchev–Trinajstić information content (AvgIpc) is 1.93. The van der Waals surface area contributed by atoms with E-state index in [1.165, 1.54) is 17.0 Å². The third-order valence-electron chi connectivity index (χ3n) is 1.37. The zero-order valence-electron chi connectivity index (χ0n) is 7.16. The zero-order chi connectivity index (χ0) is 8.41. The van der Waals surface area contributed by atoms with E-state index in [9.17, 15) is 0 Å². The molecule has 0 aliphatic carbocycles. The van der Waals surface area contributed by atoms with E-state index in [4.69, 9.17) is 10.0 Å². The molecule has 0 unspecified atom stereocenters. The summed E-state index contributed by atoms with van der Waals surface area (Å²) in [5, 5.41) is 0. The first-order valence-corrected chi connectivity index (χ1v) is 14.3. The summed E-state index contributed by atoms with van der Waals surface area (Å²) >= 11 is 3.10. The van der Waals surface area contributed by atoms with Crippen molar-refractivity contribution >= 4 is 49.2 Å². The van der Waals surface area contributed by atoms with Crippen LogP contribution < -0.4 is 0 Å². The molecular weight excluding hydrogens is 288 g/mol. The van der Waals surface area contributed by atoms with Gasteiger partial charge in [0.1, 0.15) is 0 Å². The third-order valence-corrected chi connectivity index (χ3v) is 6.87. The quantitative estimate of drug-likeness (QED) is 0.555. The van der Waals surface area contributed by atoms with Crippen molar-refractivity contribution in [2.45, 2.75) is 31.7 Å². The van der Waals surface area contributed by atoms with Crippen LogP contribution in [-0.2, 0) is 0 Å². The van der Waals surface area contributed by atoms with E-state index in [-0.39, 0.29) is 8.80 Å². The number of hydrogen-bond donors (Lipinski definition) is 0. The molecule has 0 nitrogen and oxygen atoms in total. The first-order valence-electron chi connectivity index (χ1n) is 3.88. The van der Waals surface area contributed by atoms with Crippen molar-refractivity contribution in [1.29, 1.82) is 0 Å². The van der Waals surface area contributed by atoms with Crippen LogP contribution in [0.25, 0.3) is 0 Å². The fraction of sp³-hybridized carbons (Fsp3) is 1.00. The molecule has 0 saturated carbocycles. The molecule has 0 aromatic rings. The van der Waals surface area contributed by atoms with Gasteiger partial charge in [-0.3, -0.25) is 0 Å². The topological polar surface area (TPSA) is 0 Å². The van der Waals surface area contributed by atoms with E-state index in [0.717, 1.165) is 0 Å². The van der Waals surface area contributed by atoms with Gasteiger partial charge in [-0.25, -0.2) is 0 Å². The van der Waals surface area contributed by atoms with Gasteiger partial charge >= 0.3 is 30.3 Å². The Morgan fingerprint density at radius 3 is 1.70 bits per heavy atom. The molecule has 0 N–H and O–H groups in total. The van der Waals surface area contributed by atoms with E-state index >= 15 is 0 Å². The van der Waals surface area contributed by atoms with Crippen LogP contribution >= 0.6 is 25.9 Å². The second-order valence-corrected chi connectivity index (χ2v) is 11.6. The molecule has 4 heteroatoms. The maximum absolute atomic E-state index is 5.19. The molecule has 0 aromatic carbocycles. The Labute approximate surface area is 85.5 Å². The standard InChI is InChI=1S/C5H13BrSi.CH5ClGe/c1-3-7(4-2)5-6;1-3-2/h7H,3-5H2,1-2H3;3H2,1H3. The van der Waals surface area contributed by atoms with Crippen molar-refractivity contribution in [3.8, 4) is 0 Å². The van der Waals surface area contributed by atoms with Gasteiger partial charge in [-0.1, -0.05) is 41.9 Å². The predicted octanol–water partition coefficient (Wildman–Crippen LogP) is 2.54. The second kappa shape index (κ2) is 13.1. The Bertz CT molecular complexity index is 47.5. The number of hydrogen-bond acceptors (Lipinski definition) is 0. The first-order chi connectivity index (χ1) is 4.76. The molecule has 0 spiro atoms. The van der Waals surface area contributed by atoms with E-state index in [1.807, 2.05) is 0 Å². The molecule has 0 saturated heterocycles. The summed E-state index contributed by atoms with van der Waals surface area (Å²) in [6.07, 6.45) is 0. The minimum absolute atomic E-state index is 0.255. The number of rotatable bonds is 3. The van der Waals surface area contributed by atoms with Crippen LogP contribution in [0.15, 0.2) is 0 Å². The van der Waals surface area contributed by atoms with Gasteiger partial charge in [0, 0.05) is 8.80 Å². The number of alkyl halides is 1. The van der Waals surface area contributed by atoms with Crippen LogP contribution in [0.4, 0.5) is 0 Å². The Balaban J connectivity index is 0. The van der Waals surface area contributed by atoms with E-state index in [2.05, 4.69) is 35.5 Å². The Hall–Kier alpha value is 1.53.